The molecule has 96 valence electrons. The molecule has 0 atom stereocenters. The maximum Gasteiger partial charge on any atom is 0.213 e. The molecule has 0 aromatic carbocycles. The van der Waals surface area contributed by atoms with Crippen LogP contribution in [0.4, 0.5) is 0 Å². The summed E-state index contributed by atoms with van der Waals surface area (Å²) in [7, 11) is -1.22. The van der Waals surface area contributed by atoms with Gasteiger partial charge < -0.3 is 10.0 Å². The molecule has 16 heavy (non-hydrogen) atoms. The second-order valence-electron chi connectivity index (χ2n) is 4.98. The second-order valence-corrected chi connectivity index (χ2v) is 6.90. The molecule has 1 heterocycles. The molecule has 0 bridgehead atoms. The smallest absolute Gasteiger partial charge is 0.213 e. The number of aliphatic hydroxyl groups is 1. The van der Waals surface area contributed by atoms with Crippen LogP contribution in [0.3, 0.4) is 0 Å². The van der Waals surface area contributed by atoms with Crippen molar-refractivity contribution in [3.63, 3.8) is 0 Å². The fourth-order valence-corrected chi connectivity index (χ4v) is 2.76. The van der Waals surface area contributed by atoms with Crippen LogP contribution in [-0.4, -0.2) is 57.5 Å². The van der Waals surface area contributed by atoms with Crippen molar-refractivity contribution >= 4 is 10.0 Å². The SMILES string of the molecule is CN1CCC(C)(CNS(=O)(=O)CCO)CC1. The summed E-state index contributed by atoms with van der Waals surface area (Å²) in [4.78, 5) is 2.25. The lowest BCUT2D eigenvalue weighted by Crippen LogP contribution is -2.44. The van der Waals surface area contributed by atoms with Crippen LogP contribution in [0.1, 0.15) is 19.8 Å². The molecule has 1 fully saturated rings. The van der Waals surface area contributed by atoms with Gasteiger partial charge in [-0.15, -0.1) is 0 Å². The number of likely N-dealkylation sites (tertiary alicyclic amines) is 1. The summed E-state index contributed by atoms with van der Waals surface area (Å²) < 4.78 is 25.4. The van der Waals surface area contributed by atoms with Crippen LogP contribution in [-0.2, 0) is 10.0 Å². The third kappa shape index (κ3) is 4.37. The minimum Gasteiger partial charge on any atom is -0.395 e. The Balaban J connectivity index is 2.42. The summed E-state index contributed by atoms with van der Waals surface area (Å²) in [6.45, 7) is 4.29. The molecule has 1 aliphatic rings. The van der Waals surface area contributed by atoms with E-state index >= 15 is 0 Å². The number of nitrogens with zero attached hydrogens (tertiary/aromatic N) is 1. The number of rotatable bonds is 5. The maximum atomic E-state index is 11.4. The lowest BCUT2D eigenvalue weighted by Gasteiger charge is -2.37. The zero-order valence-corrected chi connectivity index (χ0v) is 10.9. The summed E-state index contributed by atoms with van der Waals surface area (Å²) in [6, 6.07) is 0. The van der Waals surface area contributed by atoms with Crippen molar-refractivity contribution in [2.45, 2.75) is 19.8 Å². The van der Waals surface area contributed by atoms with Gasteiger partial charge in [-0.05, 0) is 38.4 Å². The highest BCUT2D eigenvalue weighted by molar-refractivity contribution is 7.89. The van der Waals surface area contributed by atoms with Gasteiger partial charge in [-0.1, -0.05) is 6.92 Å². The highest BCUT2D eigenvalue weighted by Gasteiger charge is 2.29. The van der Waals surface area contributed by atoms with E-state index < -0.39 is 10.0 Å². The third-order valence-electron chi connectivity index (χ3n) is 3.27. The molecule has 2 N–H and O–H groups in total. The summed E-state index contributed by atoms with van der Waals surface area (Å²) in [5, 5.41) is 8.61. The van der Waals surface area contributed by atoms with Gasteiger partial charge in [0.1, 0.15) is 0 Å². The standard InChI is InChI=1S/C10H22N2O3S/c1-10(3-5-12(2)6-4-10)9-11-16(14,15)8-7-13/h11,13H,3-9H2,1-2H3. The molecular weight excluding hydrogens is 228 g/mol. The highest BCUT2D eigenvalue weighted by Crippen LogP contribution is 2.29. The van der Waals surface area contributed by atoms with Gasteiger partial charge in [-0.2, -0.15) is 0 Å². The summed E-state index contributed by atoms with van der Waals surface area (Å²) in [5.74, 6) is -0.205. The minimum absolute atomic E-state index is 0.0506. The number of nitrogens with one attached hydrogen (secondary N) is 1. The maximum absolute atomic E-state index is 11.4. The first-order chi connectivity index (χ1) is 7.37. The molecule has 0 spiro atoms. The normalized spacial score (nSPS) is 22.2. The van der Waals surface area contributed by atoms with Crippen molar-refractivity contribution in [2.24, 2.45) is 5.41 Å². The summed E-state index contributed by atoms with van der Waals surface area (Å²) >= 11 is 0. The van der Waals surface area contributed by atoms with Gasteiger partial charge in [-0.3, -0.25) is 0 Å². The van der Waals surface area contributed by atoms with Crippen molar-refractivity contribution in [3.8, 4) is 0 Å². The molecule has 6 heteroatoms. The van der Waals surface area contributed by atoms with Crippen molar-refractivity contribution in [1.82, 2.24) is 9.62 Å². The van der Waals surface area contributed by atoms with Crippen LogP contribution in [0.15, 0.2) is 0 Å². The van der Waals surface area contributed by atoms with E-state index in [0.29, 0.717) is 6.54 Å². The Kier molecular flexibility index (Phi) is 4.73. The Morgan fingerprint density at radius 3 is 2.44 bits per heavy atom. The average molecular weight is 250 g/mol. The van der Waals surface area contributed by atoms with Crippen molar-refractivity contribution in [3.05, 3.63) is 0 Å². The van der Waals surface area contributed by atoms with E-state index in [1.165, 1.54) is 0 Å². The first-order valence-electron chi connectivity index (χ1n) is 5.64. The number of piperidine rings is 1. The number of hydrogen-bond acceptors (Lipinski definition) is 4. The van der Waals surface area contributed by atoms with Crippen molar-refractivity contribution in [1.29, 1.82) is 0 Å². The van der Waals surface area contributed by atoms with Gasteiger partial charge in [0.15, 0.2) is 0 Å². The van der Waals surface area contributed by atoms with Gasteiger partial charge in [0.2, 0.25) is 10.0 Å². The van der Waals surface area contributed by atoms with Crippen LogP contribution in [0.2, 0.25) is 0 Å². The quantitative estimate of drug-likeness (QED) is 0.698. The van der Waals surface area contributed by atoms with Crippen molar-refractivity contribution < 1.29 is 13.5 Å². The minimum atomic E-state index is -3.30. The largest absolute Gasteiger partial charge is 0.395 e. The Bertz CT molecular complexity index is 308. The molecule has 5 nitrogen and oxygen atoms in total. The van der Waals surface area contributed by atoms with Gasteiger partial charge in [0, 0.05) is 6.54 Å². The molecule has 0 saturated carbocycles. The van der Waals surface area contributed by atoms with E-state index in [0.717, 1.165) is 25.9 Å². The van der Waals surface area contributed by atoms with Gasteiger partial charge >= 0.3 is 0 Å². The Hall–Kier alpha value is -0.170. The van der Waals surface area contributed by atoms with Crippen LogP contribution in [0.25, 0.3) is 0 Å². The monoisotopic (exact) mass is 250 g/mol. The van der Waals surface area contributed by atoms with Crippen LogP contribution in [0.5, 0.6) is 0 Å². The van der Waals surface area contributed by atoms with E-state index in [9.17, 15) is 8.42 Å². The fourth-order valence-electron chi connectivity index (χ4n) is 1.81. The van der Waals surface area contributed by atoms with E-state index in [4.69, 9.17) is 5.11 Å². The van der Waals surface area contributed by atoms with Crippen LogP contribution in [0, 0.1) is 5.41 Å². The molecule has 0 radical (unpaired) electrons. The van der Waals surface area contributed by atoms with Crippen LogP contribution >= 0.6 is 0 Å². The third-order valence-corrected chi connectivity index (χ3v) is 4.58. The zero-order chi connectivity index (χ0) is 12.2. The van der Waals surface area contributed by atoms with Gasteiger partial charge in [0.25, 0.3) is 0 Å². The molecular formula is C10H22N2O3S. The Morgan fingerprint density at radius 2 is 1.94 bits per heavy atom. The Morgan fingerprint density at radius 1 is 1.38 bits per heavy atom. The van der Waals surface area contributed by atoms with E-state index in [1.54, 1.807) is 0 Å². The highest BCUT2D eigenvalue weighted by atomic mass is 32.2. The number of sulfonamides is 1. The first-order valence-corrected chi connectivity index (χ1v) is 7.29. The van der Waals surface area contributed by atoms with Crippen LogP contribution < -0.4 is 4.72 Å². The van der Waals surface area contributed by atoms with E-state index in [-0.39, 0.29) is 17.8 Å². The van der Waals surface area contributed by atoms with E-state index in [1.807, 2.05) is 0 Å². The van der Waals surface area contributed by atoms with Crippen molar-refractivity contribution in [2.75, 3.05) is 39.0 Å². The van der Waals surface area contributed by atoms with Gasteiger partial charge in [0.05, 0.1) is 12.4 Å². The lowest BCUT2D eigenvalue weighted by molar-refractivity contribution is 0.143. The van der Waals surface area contributed by atoms with E-state index in [2.05, 4.69) is 23.6 Å². The molecule has 1 saturated heterocycles. The lowest BCUT2D eigenvalue weighted by atomic mass is 9.81. The number of hydrogen-bond donors (Lipinski definition) is 2. The number of aliphatic hydroxyl groups excluding tert-OH is 1. The molecule has 0 aromatic rings. The summed E-state index contributed by atoms with van der Waals surface area (Å²) in [5.41, 5.74) is 0.0506. The first kappa shape index (κ1) is 13.9. The second kappa shape index (κ2) is 5.44. The molecule has 1 aliphatic heterocycles. The molecule has 0 unspecified atom stereocenters. The Labute approximate surface area is 97.9 Å². The predicted molar refractivity (Wildman–Crippen MR) is 63.7 cm³/mol. The predicted octanol–water partition coefficient (Wildman–Crippen LogP) is -0.370. The molecule has 0 aliphatic carbocycles. The molecule has 0 amide bonds. The fraction of sp³-hybridized carbons (Fsp3) is 1.00. The topological polar surface area (TPSA) is 69.6 Å². The molecule has 0 aromatic heterocycles. The van der Waals surface area contributed by atoms with Gasteiger partial charge in [-0.25, -0.2) is 13.1 Å². The summed E-state index contributed by atoms with van der Waals surface area (Å²) in [6.07, 6.45) is 2.01. The zero-order valence-electron chi connectivity index (χ0n) is 10.1. The average Bonchev–Trinajstić information content (AvgIpc) is 2.21. The molecule has 1 rings (SSSR count).